The van der Waals surface area contributed by atoms with Crippen LogP contribution in [-0.2, 0) is 4.79 Å². The largest absolute Gasteiger partial charge is 0.398 e. The third-order valence-corrected chi connectivity index (χ3v) is 4.28. The summed E-state index contributed by atoms with van der Waals surface area (Å²) in [7, 11) is 0. The van der Waals surface area contributed by atoms with E-state index in [-0.39, 0.29) is 11.7 Å². The Labute approximate surface area is 131 Å². The average Bonchev–Trinajstić information content (AvgIpc) is 2.42. The minimum atomic E-state index is -0.393. The van der Waals surface area contributed by atoms with E-state index in [0.29, 0.717) is 21.3 Å². The van der Waals surface area contributed by atoms with Gasteiger partial charge in [-0.05, 0) is 42.8 Å². The molecule has 0 unspecified atom stereocenters. The van der Waals surface area contributed by atoms with Crippen molar-refractivity contribution in [2.75, 3.05) is 16.8 Å². The van der Waals surface area contributed by atoms with Crippen LogP contribution < -0.4 is 11.1 Å². The van der Waals surface area contributed by atoms with E-state index in [1.54, 1.807) is 18.2 Å². The van der Waals surface area contributed by atoms with Crippen LogP contribution in [0.15, 0.2) is 41.3 Å². The monoisotopic (exact) mass is 324 g/mol. The fourth-order valence-corrected chi connectivity index (χ4v) is 2.59. The normalized spacial score (nSPS) is 10.4. The molecule has 2 rings (SSSR count). The highest BCUT2D eigenvalue weighted by atomic mass is 35.5. The number of hydrogen-bond donors (Lipinski definition) is 2. The summed E-state index contributed by atoms with van der Waals surface area (Å²) < 4.78 is 12.9. The summed E-state index contributed by atoms with van der Waals surface area (Å²) in [6.07, 6.45) is 0. The minimum absolute atomic E-state index is 0.177. The Morgan fingerprint density at radius 2 is 2.10 bits per heavy atom. The van der Waals surface area contributed by atoms with E-state index in [1.165, 1.54) is 23.9 Å². The summed E-state index contributed by atoms with van der Waals surface area (Å²) in [5, 5.41) is 3.35. The number of nitrogens with two attached hydrogens (primary N) is 1. The van der Waals surface area contributed by atoms with Crippen LogP contribution in [0.2, 0.25) is 5.02 Å². The van der Waals surface area contributed by atoms with Crippen molar-refractivity contribution < 1.29 is 9.18 Å². The lowest BCUT2D eigenvalue weighted by Gasteiger charge is -2.08. The fourth-order valence-electron chi connectivity index (χ4n) is 1.66. The highest BCUT2D eigenvalue weighted by Gasteiger charge is 2.07. The molecule has 0 aliphatic heterocycles. The van der Waals surface area contributed by atoms with E-state index in [4.69, 9.17) is 17.3 Å². The van der Waals surface area contributed by atoms with Crippen molar-refractivity contribution in [2.24, 2.45) is 0 Å². The molecule has 0 bridgehead atoms. The smallest absolute Gasteiger partial charge is 0.234 e. The molecule has 0 aliphatic carbocycles. The molecule has 3 nitrogen and oxygen atoms in total. The van der Waals surface area contributed by atoms with Crippen LogP contribution >= 0.6 is 23.4 Å². The van der Waals surface area contributed by atoms with Crippen molar-refractivity contribution in [1.29, 1.82) is 0 Å². The molecular weight excluding hydrogens is 311 g/mol. The van der Waals surface area contributed by atoms with Crippen molar-refractivity contribution in [1.82, 2.24) is 0 Å². The zero-order valence-corrected chi connectivity index (χ0v) is 12.9. The van der Waals surface area contributed by atoms with Crippen LogP contribution in [0.1, 0.15) is 5.56 Å². The standard InChI is InChI=1S/C15H14ClFN2OS/c1-9-2-4-11(7-12(9)16)19-15(20)8-21-14-5-3-10(17)6-13(14)18/h2-7H,8,18H2,1H3,(H,19,20). The molecule has 0 aliphatic rings. The Kier molecular flexibility index (Phi) is 5.09. The van der Waals surface area contributed by atoms with Crippen LogP contribution in [0.25, 0.3) is 0 Å². The molecule has 3 N–H and O–H groups in total. The molecule has 2 aromatic rings. The summed E-state index contributed by atoms with van der Waals surface area (Å²) in [4.78, 5) is 12.5. The van der Waals surface area contributed by atoms with Gasteiger partial charge in [-0.3, -0.25) is 4.79 Å². The van der Waals surface area contributed by atoms with Gasteiger partial charge in [0.25, 0.3) is 0 Å². The number of carbonyl (C=O) groups is 1. The van der Waals surface area contributed by atoms with Gasteiger partial charge in [0.2, 0.25) is 5.91 Å². The van der Waals surface area contributed by atoms with Gasteiger partial charge in [-0.2, -0.15) is 0 Å². The van der Waals surface area contributed by atoms with Crippen LogP contribution in [0.4, 0.5) is 15.8 Å². The number of thioether (sulfide) groups is 1. The Balaban J connectivity index is 1.94. The number of carbonyl (C=O) groups excluding carboxylic acids is 1. The first-order valence-corrected chi connectivity index (χ1v) is 7.56. The molecule has 2 aromatic carbocycles. The number of anilines is 2. The molecule has 0 aromatic heterocycles. The van der Waals surface area contributed by atoms with Crippen LogP contribution in [0.5, 0.6) is 0 Å². The number of halogens is 2. The molecule has 110 valence electrons. The van der Waals surface area contributed by atoms with Gasteiger partial charge < -0.3 is 11.1 Å². The molecule has 0 fully saturated rings. The zero-order valence-electron chi connectivity index (χ0n) is 11.3. The Morgan fingerprint density at radius 1 is 1.33 bits per heavy atom. The number of aryl methyl sites for hydroxylation is 1. The maximum Gasteiger partial charge on any atom is 0.234 e. The molecular formula is C15H14ClFN2OS. The second-order valence-electron chi connectivity index (χ2n) is 4.48. The number of rotatable bonds is 4. The van der Waals surface area contributed by atoms with Gasteiger partial charge in [0.05, 0.1) is 5.75 Å². The quantitative estimate of drug-likeness (QED) is 0.657. The van der Waals surface area contributed by atoms with Gasteiger partial charge in [0, 0.05) is 21.3 Å². The molecule has 0 spiro atoms. The second kappa shape index (κ2) is 6.83. The summed E-state index contributed by atoms with van der Waals surface area (Å²) in [6, 6.07) is 9.44. The predicted molar refractivity (Wildman–Crippen MR) is 86.4 cm³/mol. The van der Waals surface area contributed by atoms with E-state index in [9.17, 15) is 9.18 Å². The molecule has 0 radical (unpaired) electrons. The summed E-state index contributed by atoms with van der Waals surface area (Å²) in [6.45, 7) is 1.89. The van der Waals surface area contributed by atoms with Gasteiger partial charge in [-0.1, -0.05) is 17.7 Å². The van der Waals surface area contributed by atoms with Gasteiger partial charge in [-0.15, -0.1) is 11.8 Å². The van der Waals surface area contributed by atoms with Crippen LogP contribution in [-0.4, -0.2) is 11.7 Å². The number of benzene rings is 2. The Hall–Kier alpha value is -1.72. The predicted octanol–water partition coefficient (Wildman–Crippen LogP) is 4.10. The lowest BCUT2D eigenvalue weighted by atomic mass is 10.2. The number of nitrogen functional groups attached to an aromatic ring is 1. The Morgan fingerprint density at radius 3 is 2.76 bits per heavy atom. The van der Waals surface area contributed by atoms with Gasteiger partial charge in [0.1, 0.15) is 5.82 Å². The van der Waals surface area contributed by atoms with Gasteiger partial charge >= 0.3 is 0 Å². The Bertz CT molecular complexity index is 679. The highest BCUT2D eigenvalue weighted by Crippen LogP contribution is 2.26. The summed E-state index contributed by atoms with van der Waals surface area (Å²) >= 11 is 7.25. The topological polar surface area (TPSA) is 55.1 Å². The third kappa shape index (κ3) is 4.37. The molecule has 1 amide bonds. The second-order valence-corrected chi connectivity index (χ2v) is 5.91. The molecule has 6 heteroatoms. The van der Waals surface area contributed by atoms with E-state index in [2.05, 4.69) is 5.32 Å². The summed E-state index contributed by atoms with van der Waals surface area (Å²) in [5.41, 5.74) is 7.60. The SMILES string of the molecule is Cc1ccc(NC(=O)CSc2ccc(F)cc2N)cc1Cl. The fraction of sp³-hybridized carbons (Fsp3) is 0.133. The maximum atomic E-state index is 12.9. The van der Waals surface area contributed by atoms with Gasteiger partial charge in [-0.25, -0.2) is 4.39 Å². The maximum absolute atomic E-state index is 12.9. The zero-order chi connectivity index (χ0) is 15.4. The first kappa shape index (κ1) is 15.7. The van der Waals surface area contributed by atoms with Crippen molar-refractivity contribution in [3.05, 3.63) is 52.8 Å². The van der Waals surface area contributed by atoms with Crippen LogP contribution in [0, 0.1) is 12.7 Å². The number of amides is 1. The molecule has 0 atom stereocenters. The molecule has 0 saturated carbocycles. The van der Waals surface area contributed by atoms with E-state index in [1.807, 2.05) is 13.0 Å². The average molecular weight is 325 g/mol. The first-order valence-electron chi connectivity index (χ1n) is 6.19. The third-order valence-electron chi connectivity index (χ3n) is 2.79. The van der Waals surface area contributed by atoms with E-state index < -0.39 is 5.82 Å². The molecule has 0 heterocycles. The summed E-state index contributed by atoms with van der Waals surface area (Å²) in [5.74, 6) is -0.388. The lowest BCUT2D eigenvalue weighted by molar-refractivity contribution is -0.113. The number of nitrogens with one attached hydrogen (secondary N) is 1. The number of hydrogen-bond acceptors (Lipinski definition) is 3. The first-order chi connectivity index (χ1) is 9.95. The van der Waals surface area contributed by atoms with Crippen molar-refractivity contribution in [2.45, 2.75) is 11.8 Å². The van der Waals surface area contributed by atoms with Crippen LogP contribution in [0.3, 0.4) is 0 Å². The minimum Gasteiger partial charge on any atom is -0.398 e. The lowest BCUT2D eigenvalue weighted by Crippen LogP contribution is -2.14. The van der Waals surface area contributed by atoms with E-state index >= 15 is 0 Å². The van der Waals surface area contributed by atoms with E-state index in [0.717, 1.165) is 5.56 Å². The van der Waals surface area contributed by atoms with Crippen molar-refractivity contribution in [3.63, 3.8) is 0 Å². The van der Waals surface area contributed by atoms with Crippen molar-refractivity contribution in [3.8, 4) is 0 Å². The van der Waals surface area contributed by atoms with Gasteiger partial charge in [0.15, 0.2) is 0 Å². The van der Waals surface area contributed by atoms with Crippen molar-refractivity contribution >= 4 is 40.6 Å². The highest BCUT2D eigenvalue weighted by molar-refractivity contribution is 8.00. The molecule has 21 heavy (non-hydrogen) atoms. The molecule has 0 saturated heterocycles.